The van der Waals surface area contributed by atoms with Crippen LogP contribution >= 0.6 is 0 Å². The summed E-state index contributed by atoms with van der Waals surface area (Å²) in [6.45, 7) is 15.5. The topological polar surface area (TPSA) is 105 Å². The number of ether oxygens (including phenoxy) is 1. The molecule has 0 bridgehead atoms. The molecule has 0 saturated heterocycles. The maximum atomic E-state index is 11.3. The molecule has 0 saturated carbocycles. The molecule has 7 heteroatoms. The molecule has 0 fully saturated rings. The van der Waals surface area contributed by atoms with Crippen LogP contribution in [-0.2, 0) is 14.3 Å². The molecule has 1 aromatic carbocycles. The number of allylic oxidation sites excluding steroid dienone is 5. The Kier molecular flexibility index (Phi) is 18.0. The standard InChI is InChI=1S/C18H22O2.C5H10N2O3.C2H6/c1-5-13-20-14(3)7-8-16(6-2)18-11-9-17(10-12-18)15(4)19;1-3(4(8)6-2)5(9)7-10;1-2/h6-12H,2,5,13H2,1,3-4H3;3,10H,1-2H3,(H,6,8)(H,7,9);1-2H3/b14-7+,16-8+;;. The van der Waals surface area contributed by atoms with Gasteiger partial charge in [-0.15, -0.1) is 0 Å². The van der Waals surface area contributed by atoms with Gasteiger partial charge in [-0.05, 0) is 44.4 Å². The zero-order valence-corrected chi connectivity index (χ0v) is 20.3. The van der Waals surface area contributed by atoms with Crippen molar-refractivity contribution in [3.63, 3.8) is 0 Å². The molecule has 1 atom stereocenters. The summed E-state index contributed by atoms with van der Waals surface area (Å²) < 4.78 is 5.51. The van der Waals surface area contributed by atoms with Gasteiger partial charge in [0.05, 0.1) is 12.4 Å². The van der Waals surface area contributed by atoms with Gasteiger partial charge < -0.3 is 10.1 Å². The van der Waals surface area contributed by atoms with Crippen LogP contribution in [0, 0.1) is 5.92 Å². The van der Waals surface area contributed by atoms with Gasteiger partial charge >= 0.3 is 0 Å². The smallest absolute Gasteiger partial charge is 0.255 e. The lowest BCUT2D eigenvalue weighted by Gasteiger charge is -2.05. The van der Waals surface area contributed by atoms with Crippen LogP contribution in [0.3, 0.4) is 0 Å². The summed E-state index contributed by atoms with van der Waals surface area (Å²) in [4.78, 5) is 32.4. The highest BCUT2D eigenvalue weighted by molar-refractivity contribution is 5.99. The van der Waals surface area contributed by atoms with E-state index in [1.165, 1.54) is 19.5 Å². The Balaban J connectivity index is 0. The van der Waals surface area contributed by atoms with Crippen molar-refractivity contribution < 1.29 is 24.3 Å². The van der Waals surface area contributed by atoms with Crippen molar-refractivity contribution in [2.75, 3.05) is 13.7 Å². The zero-order chi connectivity index (χ0) is 25.1. The Morgan fingerprint density at radius 1 is 1.06 bits per heavy atom. The fourth-order valence-electron chi connectivity index (χ4n) is 2.13. The molecule has 178 valence electrons. The maximum absolute atomic E-state index is 11.3. The summed E-state index contributed by atoms with van der Waals surface area (Å²) in [5.74, 6) is -1.03. The minimum Gasteiger partial charge on any atom is -0.498 e. The second kappa shape index (κ2) is 18.6. The quantitative estimate of drug-likeness (QED) is 0.127. The number of hydroxylamine groups is 1. The Hall–Kier alpha value is -3.19. The summed E-state index contributed by atoms with van der Waals surface area (Å²) in [6, 6.07) is 7.53. The van der Waals surface area contributed by atoms with E-state index in [0.717, 1.165) is 35.5 Å². The molecular formula is C25H38N2O5. The van der Waals surface area contributed by atoms with Gasteiger partial charge in [0.25, 0.3) is 5.91 Å². The van der Waals surface area contributed by atoms with E-state index in [9.17, 15) is 14.4 Å². The lowest BCUT2D eigenvalue weighted by Crippen LogP contribution is -2.36. The molecule has 0 aliphatic carbocycles. The fraction of sp³-hybridized carbons (Fsp3) is 0.400. The predicted molar refractivity (Wildman–Crippen MR) is 129 cm³/mol. The van der Waals surface area contributed by atoms with E-state index in [1.807, 2.05) is 57.2 Å². The van der Waals surface area contributed by atoms with Crippen molar-refractivity contribution in [3.05, 3.63) is 66.0 Å². The molecule has 0 radical (unpaired) electrons. The lowest BCUT2D eigenvalue weighted by molar-refractivity contribution is -0.139. The number of hydrogen-bond acceptors (Lipinski definition) is 5. The van der Waals surface area contributed by atoms with Crippen molar-refractivity contribution in [1.29, 1.82) is 0 Å². The molecule has 0 aliphatic rings. The predicted octanol–water partition coefficient (Wildman–Crippen LogP) is 4.69. The fourth-order valence-corrected chi connectivity index (χ4v) is 2.13. The van der Waals surface area contributed by atoms with Gasteiger partial charge in [0.1, 0.15) is 5.92 Å². The van der Waals surface area contributed by atoms with Gasteiger partial charge in [-0.1, -0.05) is 63.8 Å². The molecule has 0 spiro atoms. The van der Waals surface area contributed by atoms with Crippen molar-refractivity contribution in [2.24, 2.45) is 5.92 Å². The van der Waals surface area contributed by atoms with Crippen LogP contribution in [0.25, 0.3) is 5.57 Å². The van der Waals surface area contributed by atoms with Gasteiger partial charge in [-0.3, -0.25) is 19.6 Å². The zero-order valence-electron chi connectivity index (χ0n) is 20.3. The van der Waals surface area contributed by atoms with Crippen molar-refractivity contribution in [3.8, 4) is 0 Å². The van der Waals surface area contributed by atoms with E-state index in [2.05, 4.69) is 18.8 Å². The number of nitrogens with one attached hydrogen (secondary N) is 2. The molecular weight excluding hydrogens is 408 g/mol. The second-order valence-corrected chi connectivity index (χ2v) is 6.40. The third-order valence-electron chi connectivity index (χ3n) is 4.02. The molecule has 2 amide bonds. The number of carbonyl (C=O) groups is 3. The van der Waals surface area contributed by atoms with Crippen LogP contribution < -0.4 is 10.8 Å². The van der Waals surface area contributed by atoms with Crippen LogP contribution in [0.5, 0.6) is 0 Å². The normalized spacial score (nSPS) is 11.5. The molecule has 32 heavy (non-hydrogen) atoms. The van der Waals surface area contributed by atoms with Crippen LogP contribution in [0.4, 0.5) is 0 Å². The number of Topliss-reactive ketones (excluding diaryl/α,β-unsaturated/α-hetero) is 1. The summed E-state index contributed by atoms with van der Waals surface area (Å²) in [5, 5.41) is 10.3. The summed E-state index contributed by atoms with van der Waals surface area (Å²) in [5.41, 5.74) is 4.13. The number of rotatable bonds is 9. The second-order valence-electron chi connectivity index (χ2n) is 6.40. The summed E-state index contributed by atoms with van der Waals surface area (Å²) in [7, 11) is 1.42. The van der Waals surface area contributed by atoms with Gasteiger partial charge in [-0.25, -0.2) is 5.48 Å². The SMILES string of the molecule is C=C/C(=C\C=C(/C)OCCC)c1ccc(C(C)=O)cc1.CC.CNC(=O)C(C)C(=O)NO. The van der Waals surface area contributed by atoms with E-state index in [-0.39, 0.29) is 5.78 Å². The molecule has 7 nitrogen and oxygen atoms in total. The summed E-state index contributed by atoms with van der Waals surface area (Å²) >= 11 is 0. The number of ketones is 1. The molecule has 1 rings (SSSR count). The van der Waals surface area contributed by atoms with Crippen LogP contribution in [0.15, 0.2) is 54.8 Å². The third kappa shape index (κ3) is 12.5. The Bertz CT molecular complexity index is 764. The number of amides is 2. The highest BCUT2D eigenvalue weighted by atomic mass is 16.5. The Morgan fingerprint density at radius 2 is 1.59 bits per heavy atom. The molecule has 0 aliphatic heterocycles. The average molecular weight is 447 g/mol. The highest BCUT2D eigenvalue weighted by Gasteiger charge is 2.18. The van der Waals surface area contributed by atoms with E-state index in [4.69, 9.17) is 9.94 Å². The minimum atomic E-state index is -0.852. The molecule has 0 aromatic heterocycles. The molecule has 1 unspecified atom stereocenters. The number of hydrogen-bond donors (Lipinski definition) is 3. The van der Waals surface area contributed by atoms with Gasteiger partial charge in [0.2, 0.25) is 5.91 Å². The van der Waals surface area contributed by atoms with Crippen LogP contribution in [0.1, 0.15) is 63.9 Å². The average Bonchev–Trinajstić information content (AvgIpc) is 2.83. The van der Waals surface area contributed by atoms with Gasteiger partial charge in [0.15, 0.2) is 5.78 Å². The summed E-state index contributed by atoms with van der Waals surface area (Å²) in [6.07, 6.45) is 6.70. The Labute approximate surface area is 192 Å². The highest BCUT2D eigenvalue weighted by Crippen LogP contribution is 2.17. The molecule has 1 aromatic rings. The largest absolute Gasteiger partial charge is 0.498 e. The van der Waals surface area contributed by atoms with E-state index in [1.54, 1.807) is 13.0 Å². The third-order valence-corrected chi connectivity index (χ3v) is 4.02. The monoisotopic (exact) mass is 446 g/mol. The first-order chi connectivity index (χ1) is 15.2. The first-order valence-electron chi connectivity index (χ1n) is 10.6. The van der Waals surface area contributed by atoms with Crippen LogP contribution in [-0.4, -0.2) is 36.5 Å². The van der Waals surface area contributed by atoms with Crippen molar-refractivity contribution >= 4 is 23.2 Å². The van der Waals surface area contributed by atoms with E-state index < -0.39 is 17.7 Å². The lowest BCUT2D eigenvalue weighted by atomic mass is 10.0. The number of carbonyl (C=O) groups excluding carboxylic acids is 3. The molecule has 3 N–H and O–H groups in total. The maximum Gasteiger partial charge on any atom is 0.255 e. The Morgan fingerprint density at radius 3 is 2.00 bits per heavy atom. The van der Waals surface area contributed by atoms with Gasteiger partial charge in [-0.2, -0.15) is 0 Å². The first kappa shape index (κ1) is 31.0. The van der Waals surface area contributed by atoms with E-state index >= 15 is 0 Å². The van der Waals surface area contributed by atoms with Crippen LogP contribution in [0.2, 0.25) is 0 Å². The van der Waals surface area contributed by atoms with Crippen molar-refractivity contribution in [1.82, 2.24) is 10.8 Å². The first-order valence-corrected chi connectivity index (χ1v) is 10.6. The van der Waals surface area contributed by atoms with Crippen molar-refractivity contribution in [2.45, 2.75) is 48.0 Å². The minimum absolute atomic E-state index is 0.0735. The molecule has 0 heterocycles. The number of benzene rings is 1. The van der Waals surface area contributed by atoms with E-state index in [0.29, 0.717) is 0 Å². The van der Waals surface area contributed by atoms with Gasteiger partial charge in [0, 0.05) is 12.6 Å².